The lowest BCUT2D eigenvalue weighted by molar-refractivity contribution is -0.146. The highest BCUT2D eigenvalue weighted by molar-refractivity contribution is 5.82. The number of amides is 1. The molecule has 0 aromatic rings. The zero-order valence-corrected chi connectivity index (χ0v) is 8.79. The molecule has 0 saturated heterocycles. The molecule has 4 heteroatoms. The number of nitrogens with two attached hydrogens (primary N) is 1. The monoisotopic (exact) mass is 189 g/mol. The quantitative estimate of drug-likeness (QED) is 0.668. The molecule has 0 aliphatic heterocycles. The predicted molar refractivity (Wildman–Crippen MR) is 50.3 cm³/mol. The molecule has 0 bridgehead atoms. The Morgan fingerprint density at radius 2 is 2.15 bits per heavy atom. The standard InChI is InChI=1S/C9H19NO3/c1-5-9(3,8(10)11)13-6-7(2)12-4/h7H,5-6H2,1-4H3,(H2,10,11). The summed E-state index contributed by atoms with van der Waals surface area (Å²) in [7, 11) is 1.60. The van der Waals surface area contributed by atoms with Crippen molar-refractivity contribution in [3.05, 3.63) is 0 Å². The Morgan fingerprint density at radius 3 is 2.46 bits per heavy atom. The van der Waals surface area contributed by atoms with Crippen LogP contribution in [0.4, 0.5) is 0 Å². The third kappa shape index (κ3) is 3.74. The minimum Gasteiger partial charge on any atom is -0.379 e. The summed E-state index contributed by atoms with van der Waals surface area (Å²) >= 11 is 0. The highest BCUT2D eigenvalue weighted by Crippen LogP contribution is 2.14. The predicted octanol–water partition coefficient (Wildman–Crippen LogP) is 0.692. The SMILES string of the molecule is CCC(C)(OCC(C)OC)C(N)=O. The van der Waals surface area contributed by atoms with E-state index >= 15 is 0 Å². The van der Waals surface area contributed by atoms with Crippen molar-refractivity contribution in [3.63, 3.8) is 0 Å². The number of carbonyl (C=O) groups excluding carboxylic acids is 1. The van der Waals surface area contributed by atoms with Crippen LogP contribution in [0, 0.1) is 0 Å². The average Bonchev–Trinajstić information content (AvgIpc) is 2.13. The van der Waals surface area contributed by atoms with Crippen LogP contribution in [-0.4, -0.2) is 31.3 Å². The van der Waals surface area contributed by atoms with Gasteiger partial charge in [-0.1, -0.05) is 6.92 Å². The molecule has 0 spiro atoms. The van der Waals surface area contributed by atoms with Crippen molar-refractivity contribution >= 4 is 5.91 Å². The Morgan fingerprint density at radius 1 is 1.62 bits per heavy atom. The summed E-state index contributed by atoms with van der Waals surface area (Å²) in [5.74, 6) is -0.432. The van der Waals surface area contributed by atoms with Gasteiger partial charge in [-0.25, -0.2) is 0 Å². The van der Waals surface area contributed by atoms with Crippen LogP contribution in [-0.2, 0) is 14.3 Å². The van der Waals surface area contributed by atoms with Crippen molar-refractivity contribution in [2.24, 2.45) is 5.73 Å². The molecule has 2 unspecified atom stereocenters. The molecule has 4 nitrogen and oxygen atoms in total. The van der Waals surface area contributed by atoms with E-state index in [0.717, 1.165) is 0 Å². The lowest BCUT2D eigenvalue weighted by Crippen LogP contribution is -2.44. The van der Waals surface area contributed by atoms with Gasteiger partial charge in [0.05, 0.1) is 12.7 Å². The molecule has 78 valence electrons. The van der Waals surface area contributed by atoms with E-state index < -0.39 is 11.5 Å². The van der Waals surface area contributed by atoms with Crippen LogP contribution in [0.1, 0.15) is 27.2 Å². The zero-order chi connectivity index (χ0) is 10.5. The van der Waals surface area contributed by atoms with Crippen molar-refractivity contribution in [1.29, 1.82) is 0 Å². The molecule has 1 amide bonds. The first kappa shape index (κ1) is 12.4. The number of hydrogen-bond donors (Lipinski definition) is 1. The normalized spacial score (nSPS) is 17.8. The van der Waals surface area contributed by atoms with Crippen molar-refractivity contribution in [2.75, 3.05) is 13.7 Å². The van der Waals surface area contributed by atoms with Gasteiger partial charge in [0.2, 0.25) is 5.91 Å². The number of methoxy groups -OCH3 is 1. The molecule has 0 aliphatic rings. The Balaban J connectivity index is 4.05. The van der Waals surface area contributed by atoms with Gasteiger partial charge in [0.1, 0.15) is 5.60 Å². The summed E-state index contributed by atoms with van der Waals surface area (Å²) in [5, 5.41) is 0. The summed E-state index contributed by atoms with van der Waals surface area (Å²) in [4.78, 5) is 11.0. The Kier molecular flexibility index (Phi) is 4.95. The van der Waals surface area contributed by atoms with Crippen molar-refractivity contribution < 1.29 is 14.3 Å². The van der Waals surface area contributed by atoms with Crippen LogP contribution >= 0.6 is 0 Å². The van der Waals surface area contributed by atoms with Gasteiger partial charge in [-0.3, -0.25) is 4.79 Å². The van der Waals surface area contributed by atoms with Crippen molar-refractivity contribution in [3.8, 4) is 0 Å². The van der Waals surface area contributed by atoms with E-state index in [1.54, 1.807) is 14.0 Å². The van der Waals surface area contributed by atoms with Gasteiger partial charge in [0, 0.05) is 7.11 Å². The van der Waals surface area contributed by atoms with Gasteiger partial charge in [0.25, 0.3) is 0 Å². The maximum atomic E-state index is 11.0. The minimum absolute atomic E-state index is 0.0229. The molecule has 0 radical (unpaired) electrons. The lowest BCUT2D eigenvalue weighted by atomic mass is 10.0. The van der Waals surface area contributed by atoms with Crippen LogP contribution in [0.25, 0.3) is 0 Å². The third-order valence-electron chi connectivity index (χ3n) is 2.23. The summed E-state index contributed by atoms with van der Waals surface area (Å²) in [5.41, 5.74) is 4.34. The molecule has 0 aromatic heterocycles. The van der Waals surface area contributed by atoms with Gasteiger partial charge < -0.3 is 15.2 Å². The minimum atomic E-state index is -0.868. The fraction of sp³-hybridized carbons (Fsp3) is 0.889. The second kappa shape index (κ2) is 5.19. The number of rotatable bonds is 6. The first-order valence-electron chi connectivity index (χ1n) is 4.43. The van der Waals surface area contributed by atoms with Crippen LogP contribution in [0.5, 0.6) is 0 Å². The van der Waals surface area contributed by atoms with Gasteiger partial charge in [-0.15, -0.1) is 0 Å². The molecule has 0 fully saturated rings. The van der Waals surface area contributed by atoms with E-state index in [4.69, 9.17) is 15.2 Å². The molecule has 13 heavy (non-hydrogen) atoms. The van der Waals surface area contributed by atoms with Gasteiger partial charge in [0.15, 0.2) is 0 Å². The fourth-order valence-electron chi connectivity index (χ4n) is 0.717. The molecule has 0 saturated carbocycles. The Hall–Kier alpha value is -0.610. The highest BCUT2D eigenvalue weighted by atomic mass is 16.5. The summed E-state index contributed by atoms with van der Waals surface area (Å²) < 4.78 is 10.4. The molecule has 0 rings (SSSR count). The number of primary amides is 1. The van der Waals surface area contributed by atoms with E-state index in [1.807, 2.05) is 13.8 Å². The molecule has 0 aromatic carbocycles. The third-order valence-corrected chi connectivity index (χ3v) is 2.23. The fourth-order valence-corrected chi connectivity index (χ4v) is 0.717. The van der Waals surface area contributed by atoms with Crippen LogP contribution in [0.3, 0.4) is 0 Å². The first-order valence-corrected chi connectivity index (χ1v) is 4.43. The highest BCUT2D eigenvalue weighted by Gasteiger charge is 2.30. The van der Waals surface area contributed by atoms with Gasteiger partial charge in [-0.05, 0) is 20.3 Å². The Labute approximate surface area is 79.4 Å². The van der Waals surface area contributed by atoms with Crippen molar-refractivity contribution in [1.82, 2.24) is 0 Å². The van der Waals surface area contributed by atoms with E-state index in [9.17, 15) is 4.79 Å². The number of hydrogen-bond acceptors (Lipinski definition) is 3. The van der Waals surface area contributed by atoms with Crippen LogP contribution in [0.15, 0.2) is 0 Å². The molecule has 2 N–H and O–H groups in total. The van der Waals surface area contributed by atoms with E-state index in [0.29, 0.717) is 13.0 Å². The maximum Gasteiger partial charge on any atom is 0.249 e. The number of ether oxygens (including phenoxy) is 2. The second-order valence-corrected chi connectivity index (χ2v) is 3.31. The number of carbonyl (C=O) groups is 1. The van der Waals surface area contributed by atoms with E-state index in [2.05, 4.69) is 0 Å². The van der Waals surface area contributed by atoms with E-state index in [1.165, 1.54) is 0 Å². The molecule has 0 aliphatic carbocycles. The Bertz CT molecular complexity index is 172. The maximum absolute atomic E-state index is 11.0. The van der Waals surface area contributed by atoms with Gasteiger partial charge >= 0.3 is 0 Å². The molecule has 0 heterocycles. The molecule has 2 atom stereocenters. The molecular formula is C9H19NO3. The topological polar surface area (TPSA) is 61.6 Å². The van der Waals surface area contributed by atoms with Gasteiger partial charge in [-0.2, -0.15) is 0 Å². The summed E-state index contributed by atoms with van der Waals surface area (Å²) in [6.45, 7) is 5.81. The second-order valence-electron chi connectivity index (χ2n) is 3.31. The van der Waals surface area contributed by atoms with E-state index in [-0.39, 0.29) is 6.10 Å². The summed E-state index contributed by atoms with van der Waals surface area (Å²) in [6.07, 6.45) is 0.545. The van der Waals surface area contributed by atoms with Crippen LogP contribution < -0.4 is 5.73 Å². The largest absolute Gasteiger partial charge is 0.379 e. The average molecular weight is 189 g/mol. The zero-order valence-electron chi connectivity index (χ0n) is 8.79. The first-order chi connectivity index (χ1) is 5.96. The molecular weight excluding hydrogens is 170 g/mol. The van der Waals surface area contributed by atoms with Crippen LogP contribution in [0.2, 0.25) is 0 Å². The summed E-state index contributed by atoms with van der Waals surface area (Å²) in [6, 6.07) is 0. The van der Waals surface area contributed by atoms with Crippen molar-refractivity contribution in [2.45, 2.75) is 38.9 Å². The smallest absolute Gasteiger partial charge is 0.249 e. The lowest BCUT2D eigenvalue weighted by Gasteiger charge is -2.26.